The van der Waals surface area contributed by atoms with Crippen LogP contribution in [0.15, 0.2) is 42.5 Å². The number of amides is 1. The van der Waals surface area contributed by atoms with E-state index in [4.69, 9.17) is 0 Å². The number of non-ortho nitro benzene ring substituents is 1. The molecule has 2 aliphatic rings. The van der Waals surface area contributed by atoms with Crippen LogP contribution in [0.5, 0.6) is 5.75 Å². The molecule has 0 atom stereocenters. The Bertz CT molecular complexity index is 964. The molecule has 1 N–H and O–H groups in total. The van der Waals surface area contributed by atoms with Crippen LogP contribution in [0.3, 0.4) is 0 Å². The number of phenolic OH excluding ortho intramolecular Hbond substituents is 1. The largest absolute Gasteiger partial charge is 0.506 e. The van der Waals surface area contributed by atoms with Gasteiger partial charge in [0.05, 0.1) is 21.9 Å². The quantitative estimate of drug-likeness (QED) is 0.597. The number of hydrogen-bond donors (Lipinski definition) is 1. The zero-order valence-corrected chi connectivity index (χ0v) is 17.7. The van der Waals surface area contributed by atoms with Crippen molar-refractivity contribution in [3.05, 3.63) is 58.1 Å². The summed E-state index contributed by atoms with van der Waals surface area (Å²) in [4.78, 5) is 30.3. The second-order valence-electron chi connectivity index (χ2n) is 8.40. The number of anilines is 2. The van der Waals surface area contributed by atoms with Crippen molar-refractivity contribution in [3.63, 3.8) is 0 Å². The Hall–Kier alpha value is -3.29. The van der Waals surface area contributed by atoms with Crippen molar-refractivity contribution in [3.8, 4) is 5.75 Å². The molecule has 0 unspecified atom stereocenters. The average molecular weight is 425 g/mol. The molecular formula is C23H28N4O4. The number of nitro benzene ring substituents is 1. The molecule has 0 aliphatic carbocycles. The van der Waals surface area contributed by atoms with E-state index in [2.05, 4.69) is 16.7 Å². The van der Waals surface area contributed by atoms with Crippen LogP contribution in [0.2, 0.25) is 0 Å². The number of piperazine rings is 1. The van der Waals surface area contributed by atoms with E-state index in [-0.39, 0.29) is 17.3 Å². The number of nitrogens with zero attached hydrogens (tertiary/aromatic N) is 4. The number of para-hydroxylation sites is 2. The molecule has 2 saturated heterocycles. The number of rotatable bonds is 4. The van der Waals surface area contributed by atoms with E-state index in [1.165, 1.54) is 12.1 Å². The van der Waals surface area contributed by atoms with Crippen molar-refractivity contribution in [2.24, 2.45) is 5.92 Å². The van der Waals surface area contributed by atoms with Gasteiger partial charge in [-0.25, -0.2) is 0 Å². The summed E-state index contributed by atoms with van der Waals surface area (Å²) in [5.74, 6) is 0.702. The zero-order valence-electron chi connectivity index (χ0n) is 17.7. The lowest BCUT2D eigenvalue weighted by Gasteiger charge is -2.37. The summed E-state index contributed by atoms with van der Waals surface area (Å²) in [5, 5.41) is 21.5. The van der Waals surface area contributed by atoms with Gasteiger partial charge in [-0.1, -0.05) is 19.1 Å². The molecule has 1 amide bonds. The van der Waals surface area contributed by atoms with Crippen LogP contribution in [0.4, 0.5) is 17.1 Å². The van der Waals surface area contributed by atoms with Crippen molar-refractivity contribution in [2.45, 2.75) is 19.8 Å². The topological polar surface area (TPSA) is 90.2 Å². The highest BCUT2D eigenvalue weighted by Gasteiger charge is 2.28. The Morgan fingerprint density at radius 2 is 1.61 bits per heavy atom. The Kier molecular flexibility index (Phi) is 5.97. The minimum Gasteiger partial charge on any atom is -0.506 e. The van der Waals surface area contributed by atoms with Gasteiger partial charge in [0.2, 0.25) is 0 Å². The molecule has 2 fully saturated rings. The number of carbonyl (C=O) groups excluding carboxylic acids is 1. The number of nitro groups is 1. The Balaban J connectivity index is 1.54. The SMILES string of the molecule is CC1CCN(c2ccc([N+](=O)[O-])cc2C(=O)N2CCN(c3ccccc3O)CC2)CC1. The Labute approximate surface area is 181 Å². The summed E-state index contributed by atoms with van der Waals surface area (Å²) in [6.07, 6.45) is 2.09. The fraction of sp³-hybridized carbons (Fsp3) is 0.435. The van der Waals surface area contributed by atoms with E-state index in [9.17, 15) is 20.0 Å². The van der Waals surface area contributed by atoms with E-state index < -0.39 is 4.92 Å². The van der Waals surface area contributed by atoms with Crippen LogP contribution in [0.25, 0.3) is 0 Å². The molecule has 0 aromatic heterocycles. The van der Waals surface area contributed by atoms with Crippen molar-refractivity contribution in [1.82, 2.24) is 4.90 Å². The third kappa shape index (κ3) is 4.42. The molecule has 2 aliphatic heterocycles. The number of benzene rings is 2. The lowest BCUT2D eigenvalue weighted by atomic mass is 9.97. The lowest BCUT2D eigenvalue weighted by Crippen LogP contribution is -2.49. The standard InChI is InChI=1S/C23H28N4O4/c1-17-8-10-24(11-9-17)20-7-6-18(27(30)31)16-19(20)23(29)26-14-12-25(13-15-26)21-4-2-3-5-22(21)28/h2-7,16-17,28H,8-15H2,1H3. The molecule has 0 spiro atoms. The van der Waals surface area contributed by atoms with Gasteiger partial charge in [0.25, 0.3) is 11.6 Å². The Morgan fingerprint density at radius 1 is 0.968 bits per heavy atom. The number of aromatic hydroxyl groups is 1. The maximum Gasteiger partial charge on any atom is 0.270 e. The maximum atomic E-state index is 13.4. The summed E-state index contributed by atoms with van der Waals surface area (Å²) in [7, 11) is 0. The highest BCUT2D eigenvalue weighted by Crippen LogP contribution is 2.31. The van der Waals surface area contributed by atoms with Crippen molar-refractivity contribution in [1.29, 1.82) is 0 Å². The van der Waals surface area contributed by atoms with Crippen LogP contribution in [-0.4, -0.2) is 60.1 Å². The molecule has 0 saturated carbocycles. The van der Waals surface area contributed by atoms with Crippen molar-refractivity contribution >= 4 is 23.0 Å². The van der Waals surface area contributed by atoms with E-state index in [1.807, 2.05) is 12.1 Å². The Morgan fingerprint density at radius 3 is 2.26 bits per heavy atom. The normalized spacial score (nSPS) is 17.6. The molecule has 2 aromatic rings. The van der Waals surface area contributed by atoms with E-state index in [0.29, 0.717) is 37.7 Å². The van der Waals surface area contributed by atoms with Gasteiger partial charge in [-0.15, -0.1) is 0 Å². The first kappa shape index (κ1) is 21.0. The van der Waals surface area contributed by atoms with Crippen LogP contribution in [0.1, 0.15) is 30.1 Å². The molecule has 8 heteroatoms. The summed E-state index contributed by atoms with van der Waals surface area (Å²) >= 11 is 0. The molecule has 0 radical (unpaired) electrons. The predicted molar refractivity (Wildman–Crippen MR) is 120 cm³/mol. The number of hydrogen-bond acceptors (Lipinski definition) is 6. The van der Waals surface area contributed by atoms with Gasteiger partial charge >= 0.3 is 0 Å². The molecule has 31 heavy (non-hydrogen) atoms. The van der Waals surface area contributed by atoms with Crippen LogP contribution in [0, 0.1) is 16.0 Å². The van der Waals surface area contributed by atoms with Crippen molar-refractivity contribution < 1.29 is 14.8 Å². The summed E-state index contributed by atoms with van der Waals surface area (Å²) in [5.41, 5.74) is 1.88. The first-order chi connectivity index (χ1) is 14.9. The number of piperidine rings is 1. The fourth-order valence-corrected chi connectivity index (χ4v) is 4.39. The number of carbonyl (C=O) groups is 1. The van der Waals surface area contributed by atoms with Crippen LogP contribution < -0.4 is 9.80 Å². The van der Waals surface area contributed by atoms with Gasteiger partial charge in [0, 0.05) is 51.4 Å². The molecule has 2 aromatic carbocycles. The third-order valence-corrected chi connectivity index (χ3v) is 6.33. The van der Waals surface area contributed by atoms with Gasteiger partial charge in [-0.3, -0.25) is 14.9 Å². The molecule has 0 bridgehead atoms. The highest BCUT2D eigenvalue weighted by atomic mass is 16.6. The zero-order chi connectivity index (χ0) is 22.0. The smallest absolute Gasteiger partial charge is 0.270 e. The van der Waals surface area contributed by atoms with Gasteiger partial charge in [0.1, 0.15) is 5.75 Å². The third-order valence-electron chi connectivity index (χ3n) is 6.33. The summed E-state index contributed by atoms with van der Waals surface area (Å²) in [6, 6.07) is 11.8. The molecule has 164 valence electrons. The van der Waals surface area contributed by atoms with Gasteiger partial charge in [0.15, 0.2) is 0 Å². The van der Waals surface area contributed by atoms with Gasteiger partial charge in [-0.05, 0) is 37.0 Å². The van der Waals surface area contributed by atoms with Crippen LogP contribution >= 0.6 is 0 Å². The molecule has 4 rings (SSSR count). The molecule has 2 heterocycles. The van der Waals surface area contributed by atoms with Crippen LogP contribution in [-0.2, 0) is 0 Å². The van der Waals surface area contributed by atoms with E-state index in [1.54, 1.807) is 23.1 Å². The number of phenols is 1. The maximum absolute atomic E-state index is 13.4. The summed E-state index contributed by atoms with van der Waals surface area (Å²) in [6.45, 7) is 6.09. The molecule has 8 nitrogen and oxygen atoms in total. The predicted octanol–water partition coefficient (Wildman–Crippen LogP) is 3.50. The highest BCUT2D eigenvalue weighted by molar-refractivity contribution is 6.00. The minimum absolute atomic E-state index is 0.0645. The molecular weight excluding hydrogens is 396 g/mol. The minimum atomic E-state index is -0.449. The second-order valence-corrected chi connectivity index (χ2v) is 8.40. The van der Waals surface area contributed by atoms with Gasteiger partial charge in [-0.2, -0.15) is 0 Å². The van der Waals surface area contributed by atoms with Gasteiger partial charge < -0.3 is 19.8 Å². The summed E-state index contributed by atoms with van der Waals surface area (Å²) < 4.78 is 0. The second kappa shape index (κ2) is 8.83. The first-order valence-electron chi connectivity index (χ1n) is 10.8. The van der Waals surface area contributed by atoms with Crippen molar-refractivity contribution in [2.75, 3.05) is 49.1 Å². The first-order valence-corrected chi connectivity index (χ1v) is 10.8. The van der Waals surface area contributed by atoms with E-state index >= 15 is 0 Å². The monoisotopic (exact) mass is 424 g/mol. The average Bonchev–Trinajstić information content (AvgIpc) is 2.79. The van der Waals surface area contributed by atoms with E-state index in [0.717, 1.165) is 37.3 Å². The fourth-order valence-electron chi connectivity index (χ4n) is 4.39. The lowest BCUT2D eigenvalue weighted by molar-refractivity contribution is -0.384.